The minimum Gasteiger partial charge on any atom is -0.508 e. The molecule has 0 saturated carbocycles. The van der Waals surface area contributed by atoms with Gasteiger partial charge in [-0.1, -0.05) is 35.5 Å². The van der Waals surface area contributed by atoms with E-state index in [1.165, 1.54) is 6.07 Å². The normalized spacial score (nSPS) is 20.8. The molecular formula is C23H19FN2O3. The van der Waals surface area contributed by atoms with E-state index in [0.29, 0.717) is 41.1 Å². The number of nitrogens with zero attached hydrogens (tertiary/aromatic N) is 1. The maximum Gasteiger partial charge on any atom is 0.233 e. The van der Waals surface area contributed by atoms with E-state index < -0.39 is 5.92 Å². The summed E-state index contributed by atoms with van der Waals surface area (Å²) < 4.78 is 20.2. The van der Waals surface area contributed by atoms with E-state index >= 15 is 0 Å². The van der Waals surface area contributed by atoms with Crippen LogP contribution in [0.4, 0.5) is 10.3 Å². The van der Waals surface area contributed by atoms with Crippen LogP contribution in [0.15, 0.2) is 64.3 Å². The second-order valence-electron chi connectivity index (χ2n) is 7.60. The summed E-state index contributed by atoms with van der Waals surface area (Å²) in [6.07, 6.45) is 0.923. The summed E-state index contributed by atoms with van der Waals surface area (Å²) in [5.41, 5.74) is 4.11. The van der Waals surface area contributed by atoms with Crippen LogP contribution in [-0.4, -0.2) is 16.0 Å². The van der Waals surface area contributed by atoms with Crippen molar-refractivity contribution in [2.75, 3.05) is 5.32 Å². The van der Waals surface area contributed by atoms with Crippen molar-refractivity contribution >= 4 is 11.7 Å². The van der Waals surface area contributed by atoms with Gasteiger partial charge in [-0.3, -0.25) is 4.79 Å². The Morgan fingerprint density at radius 2 is 1.90 bits per heavy atom. The van der Waals surface area contributed by atoms with Crippen molar-refractivity contribution in [3.05, 3.63) is 88.0 Å². The van der Waals surface area contributed by atoms with Gasteiger partial charge >= 0.3 is 0 Å². The molecule has 2 unspecified atom stereocenters. The number of carbonyl (C=O) groups excluding carboxylic acids is 1. The number of ketones is 1. The van der Waals surface area contributed by atoms with Gasteiger partial charge in [-0.15, -0.1) is 0 Å². The van der Waals surface area contributed by atoms with Crippen molar-refractivity contribution in [3.63, 3.8) is 0 Å². The number of phenolic OH excluding ortho intramolecular Hbond substituents is 1. The number of rotatable bonds is 2. The lowest BCUT2D eigenvalue weighted by atomic mass is 9.72. The topological polar surface area (TPSA) is 75.4 Å². The molecule has 3 aromatic rings. The summed E-state index contributed by atoms with van der Waals surface area (Å²) >= 11 is 0. The van der Waals surface area contributed by atoms with E-state index in [1.807, 2.05) is 12.1 Å². The number of hydrogen-bond acceptors (Lipinski definition) is 5. The first-order valence-corrected chi connectivity index (χ1v) is 9.55. The van der Waals surface area contributed by atoms with E-state index in [4.69, 9.17) is 4.52 Å². The number of allylic oxidation sites excluding steroid dienone is 2. The van der Waals surface area contributed by atoms with Gasteiger partial charge in [0, 0.05) is 29.2 Å². The maximum absolute atomic E-state index is 14.7. The van der Waals surface area contributed by atoms with Crippen LogP contribution < -0.4 is 5.32 Å². The maximum atomic E-state index is 14.7. The Labute approximate surface area is 166 Å². The molecule has 6 heteroatoms. The van der Waals surface area contributed by atoms with Crippen molar-refractivity contribution in [1.82, 2.24) is 5.16 Å². The number of benzene rings is 2. The van der Waals surface area contributed by atoms with Gasteiger partial charge in [-0.25, -0.2) is 4.39 Å². The number of hydrogen-bond donors (Lipinski definition) is 2. The minimum atomic E-state index is -0.540. The molecule has 0 fully saturated rings. The average Bonchev–Trinajstić information content (AvgIpc) is 3.08. The monoisotopic (exact) mass is 390 g/mol. The van der Waals surface area contributed by atoms with Crippen molar-refractivity contribution < 1.29 is 18.8 Å². The molecule has 1 aromatic heterocycles. The summed E-state index contributed by atoms with van der Waals surface area (Å²) in [7, 11) is 0. The van der Waals surface area contributed by atoms with Gasteiger partial charge in [0.2, 0.25) is 5.88 Å². The predicted molar refractivity (Wildman–Crippen MR) is 105 cm³/mol. The third kappa shape index (κ3) is 2.83. The highest BCUT2D eigenvalue weighted by Gasteiger charge is 2.41. The average molecular weight is 390 g/mol. The lowest BCUT2D eigenvalue weighted by Crippen LogP contribution is -2.30. The van der Waals surface area contributed by atoms with E-state index in [9.17, 15) is 14.3 Å². The third-order valence-corrected chi connectivity index (χ3v) is 5.84. The third-order valence-electron chi connectivity index (χ3n) is 5.84. The first-order chi connectivity index (χ1) is 14.0. The summed E-state index contributed by atoms with van der Waals surface area (Å²) in [5, 5.41) is 16.8. The van der Waals surface area contributed by atoms with Crippen LogP contribution in [0.25, 0.3) is 0 Å². The molecule has 0 spiro atoms. The molecule has 5 rings (SSSR count). The first kappa shape index (κ1) is 17.7. The number of anilines is 1. The van der Waals surface area contributed by atoms with E-state index in [1.54, 1.807) is 37.3 Å². The number of phenols is 1. The molecule has 2 aliphatic rings. The van der Waals surface area contributed by atoms with Gasteiger partial charge in [-0.05, 0) is 43.0 Å². The Kier molecular flexibility index (Phi) is 4.01. The largest absolute Gasteiger partial charge is 0.508 e. The highest BCUT2D eigenvalue weighted by atomic mass is 19.1. The zero-order valence-electron chi connectivity index (χ0n) is 15.8. The number of nitrogens with one attached hydrogen (secondary N) is 1. The molecule has 2 N–H and O–H groups in total. The molecule has 2 aromatic carbocycles. The second kappa shape index (κ2) is 6.58. The van der Waals surface area contributed by atoms with Crippen LogP contribution in [0.1, 0.15) is 47.1 Å². The highest BCUT2D eigenvalue weighted by Crippen LogP contribution is 2.49. The Bertz CT molecular complexity index is 1150. The van der Waals surface area contributed by atoms with E-state index in [-0.39, 0.29) is 23.3 Å². The summed E-state index contributed by atoms with van der Waals surface area (Å²) in [6, 6.07) is 13.4. The van der Waals surface area contributed by atoms with E-state index in [2.05, 4.69) is 10.5 Å². The van der Waals surface area contributed by atoms with E-state index in [0.717, 1.165) is 11.3 Å². The Balaban J connectivity index is 1.63. The number of carbonyl (C=O) groups is 1. The van der Waals surface area contributed by atoms with Gasteiger partial charge in [0.15, 0.2) is 5.78 Å². The quantitative estimate of drug-likeness (QED) is 0.658. The smallest absolute Gasteiger partial charge is 0.233 e. The van der Waals surface area contributed by atoms with Crippen molar-refractivity contribution in [2.45, 2.75) is 31.6 Å². The fourth-order valence-electron chi connectivity index (χ4n) is 4.47. The molecule has 0 radical (unpaired) electrons. The SMILES string of the molecule is Cc1noc2c1C(c1ccccc1F)C1=C(CC(c3ccc(O)cc3)CC1=O)N2. The van der Waals surface area contributed by atoms with Crippen LogP contribution in [0.2, 0.25) is 0 Å². The van der Waals surface area contributed by atoms with Crippen molar-refractivity contribution in [3.8, 4) is 5.75 Å². The number of aromatic hydroxyl groups is 1. The number of aryl methyl sites for hydroxylation is 1. The second-order valence-corrected chi connectivity index (χ2v) is 7.60. The lowest BCUT2D eigenvalue weighted by Gasteiger charge is -2.34. The lowest BCUT2D eigenvalue weighted by molar-refractivity contribution is -0.116. The fourth-order valence-corrected chi connectivity index (χ4v) is 4.47. The Morgan fingerprint density at radius 3 is 2.66 bits per heavy atom. The Hall–Kier alpha value is -3.41. The van der Waals surface area contributed by atoms with Gasteiger partial charge < -0.3 is 14.9 Å². The molecule has 1 aliphatic heterocycles. The van der Waals surface area contributed by atoms with Gasteiger partial charge in [0.25, 0.3) is 0 Å². The molecule has 0 bridgehead atoms. The van der Waals surface area contributed by atoms with Crippen LogP contribution in [0, 0.1) is 12.7 Å². The molecule has 0 amide bonds. The summed E-state index contributed by atoms with van der Waals surface area (Å²) in [4.78, 5) is 13.3. The predicted octanol–water partition coefficient (Wildman–Crippen LogP) is 4.79. The first-order valence-electron chi connectivity index (χ1n) is 9.55. The molecular weight excluding hydrogens is 371 g/mol. The van der Waals surface area contributed by atoms with Crippen LogP contribution in [-0.2, 0) is 4.79 Å². The van der Waals surface area contributed by atoms with Gasteiger partial charge in [0.1, 0.15) is 11.6 Å². The summed E-state index contributed by atoms with van der Waals surface area (Å²) in [6.45, 7) is 1.80. The molecule has 5 nitrogen and oxygen atoms in total. The number of halogens is 1. The van der Waals surface area contributed by atoms with Gasteiger partial charge in [0.05, 0.1) is 11.3 Å². The van der Waals surface area contributed by atoms with Crippen molar-refractivity contribution in [1.29, 1.82) is 0 Å². The highest BCUT2D eigenvalue weighted by molar-refractivity contribution is 6.01. The zero-order chi connectivity index (χ0) is 20.1. The van der Waals surface area contributed by atoms with Crippen LogP contribution in [0.5, 0.6) is 5.75 Å². The molecule has 0 saturated heterocycles. The van der Waals surface area contributed by atoms with Gasteiger partial charge in [-0.2, -0.15) is 0 Å². The molecule has 2 heterocycles. The summed E-state index contributed by atoms with van der Waals surface area (Å²) in [5.74, 6) is -0.285. The number of Topliss-reactive ketones (excluding diaryl/α,β-unsaturated/α-hetero) is 1. The van der Waals surface area contributed by atoms with Crippen molar-refractivity contribution in [2.24, 2.45) is 0 Å². The molecule has 1 aliphatic carbocycles. The number of fused-ring (bicyclic) bond motifs is 1. The fraction of sp³-hybridized carbons (Fsp3) is 0.217. The molecule has 2 atom stereocenters. The van der Waals surface area contributed by atoms with Crippen LogP contribution >= 0.6 is 0 Å². The van der Waals surface area contributed by atoms with Crippen LogP contribution in [0.3, 0.4) is 0 Å². The minimum absolute atomic E-state index is 0.0173. The standard InChI is InChI=1S/C23H19FN2O3/c1-12-20-21(16-4-2-3-5-17(16)24)22-18(25-23(20)29-26-12)10-14(11-19(22)28)13-6-8-15(27)9-7-13/h2-9,14,21,25,27H,10-11H2,1H3. The molecule has 146 valence electrons. The zero-order valence-corrected chi connectivity index (χ0v) is 15.8. The Morgan fingerprint density at radius 1 is 1.14 bits per heavy atom. The number of aromatic nitrogens is 1. The molecule has 29 heavy (non-hydrogen) atoms.